The van der Waals surface area contributed by atoms with Gasteiger partial charge >= 0.3 is 0 Å². The summed E-state index contributed by atoms with van der Waals surface area (Å²) in [5, 5.41) is 25.0. The van der Waals surface area contributed by atoms with Crippen LogP contribution in [0.2, 0.25) is 0 Å². The molecule has 3 atom stereocenters. The van der Waals surface area contributed by atoms with Gasteiger partial charge in [-0.25, -0.2) is 8.78 Å². The van der Waals surface area contributed by atoms with Gasteiger partial charge in [0.05, 0.1) is 24.8 Å². The summed E-state index contributed by atoms with van der Waals surface area (Å²) in [4.78, 5) is 23.2. The van der Waals surface area contributed by atoms with Crippen molar-refractivity contribution in [1.82, 2.24) is 10.6 Å². The van der Waals surface area contributed by atoms with Crippen LogP contribution in [0.25, 0.3) is 0 Å². The molecule has 0 bridgehead atoms. The Morgan fingerprint density at radius 3 is 2.33 bits per heavy atom. The summed E-state index contributed by atoms with van der Waals surface area (Å²) in [6.45, 7) is 2.63. The van der Waals surface area contributed by atoms with Gasteiger partial charge in [-0.15, -0.1) is 0 Å². The van der Waals surface area contributed by atoms with E-state index < -0.39 is 42.3 Å². The van der Waals surface area contributed by atoms with Crippen LogP contribution in [-0.2, 0) is 16.0 Å². The summed E-state index contributed by atoms with van der Waals surface area (Å²) in [6, 6.07) is 1.40. The van der Waals surface area contributed by atoms with Crippen molar-refractivity contribution in [3.05, 3.63) is 47.5 Å². The number of benzene rings is 1. The predicted octanol–water partition coefficient (Wildman–Crippen LogP) is 1.21. The summed E-state index contributed by atoms with van der Waals surface area (Å²) in [6.07, 6.45) is 2.30. The average molecular weight is 384 g/mol. The summed E-state index contributed by atoms with van der Waals surface area (Å²) in [7, 11) is 0. The fourth-order valence-electron chi connectivity index (χ4n) is 2.67. The first-order chi connectivity index (χ1) is 12.7. The number of aliphatic hydroxyl groups is 2. The predicted molar refractivity (Wildman–Crippen MR) is 96.7 cm³/mol. The molecular weight excluding hydrogens is 358 g/mol. The number of rotatable bonds is 10. The number of nitrogens with one attached hydrogen (secondary N) is 2. The molecule has 150 valence electrons. The minimum atomic E-state index is -1.15. The maximum atomic E-state index is 13.4. The van der Waals surface area contributed by atoms with Gasteiger partial charge < -0.3 is 20.8 Å². The Bertz CT molecular complexity index is 647. The first-order valence-corrected chi connectivity index (χ1v) is 8.66. The molecule has 0 saturated heterocycles. The molecule has 0 aliphatic carbocycles. The van der Waals surface area contributed by atoms with Gasteiger partial charge in [-0.1, -0.05) is 12.2 Å². The molecule has 0 spiro atoms. The zero-order chi connectivity index (χ0) is 20.4. The summed E-state index contributed by atoms with van der Waals surface area (Å²) in [5.74, 6) is -2.26. The largest absolute Gasteiger partial charge is 0.394 e. The fraction of sp³-hybridized carbons (Fsp3) is 0.474. The Balaban J connectivity index is 2.81. The topological polar surface area (TPSA) is 98.7 Å². The molecule has 1 unspecified atom stereocenters. The molecule has 0 aliphatic heterocycles. The molecule has 0 aliphatic rings. The Kier molecular flexibility index (Phi) is 9.60. The summed E-state index contributed by atoms with van der Waals surface area (Å²) >= 11 is 0. The lowest BCUT2D eigenvalue weighted by Crippen LogP contribution is -2.48. The van der Waals surface area contributed by atoms with E-state index in [4.69, 9.17) is 0 Å². The molecule has 1 aromatic rings. The van der Waals surface area contributed by atoms with E-state index >= 15 is 0 Å². The number of hydrogen-bond acceptors (Lipinski definition) is 4. The van der Waals surface area contributed by atoms with E-state index in [0.717, 1.165) is 18.2 Å². The maximum absolute atomic E-state index is 13.4. The van der Waals surface area contributed by atoms with E-state index in [0.29, 0.717) is 0 Å². The van der Waals surface area contributed by atoms with Gasteiger partial charge in [0.15, 0.2) is 0 Å². The van der Waals surface area contributed by atoms with Crippen molar-refractivity contribution in [1.29, 1.82) is 0 Å². The van der Waals surface area contributed by atoms with Gasteiger partial charge in [0.2, 0.25) is 11.8 Å². The van der Waals surface area contributed by atoms with Crippen LogP contribution in [0.4, 0.5) is 8.78 Å². The van der Waals surface area contributed by atoms with Crippen molar-refractivity contribution in [2.45, 2.75) is 51.3 Å². The number of carbonyl (C=O) groups excluding carboxylic acids is 2. The zero-order valence-corrected chi connectivity index (χ0v) is 15.4. The Labute approximate surface area is 157 Å². The summed E-state index contributed by atoms with van der Waals surface area (Å²) < 4.78 is 26.8. The standard InChI is InChI=1S/C19H26F2N2O4/c1-3-4-5-19(27)23-16(11-24)10-18(26)17(22-12(2)25)8-13-6-14(20)9-15(21)7-13/h3-4,6-7,9,16-18,24,26H,5,8,10-11H2,1-2H3,(H,22,25)(H,23,27)/b4-3+/t16?,17-,18-/m0/s1. The highest BCUT2D eigenvalue weighted by Gasteiger charge is 2.25. The molecule has 1 rings (SSSR count). The second-order valence-electron chi connectivity index (χ2n) is 6.31. The molecule has 0 radical (unpaired) electrons. The van der Waals surface area contributed by atoms with Gasteiger partial charge in [-0.3, -0.25) is 9.59 Å². The van der Waals surface area contributed by atoms with Crippen LogP contribution >= 0.6 is 0 Å². The number of amides is 2. The van der Waals surface area contributed by atoms with Crippen LogP contribution in [0, 0.1) is 11.6 Å². The molecule has 0 aromatic heterocycles. The number of carbonyl (C=O) groups is 2. The molecule has 0 saturated carbocycles. The Morgan fingerprint density at radius 1 is 1.19 bits per heavy atom. The first kappa shape index (κ1) is 22.7. The lowest BCUT2D eigenvalue weighted by molar-refractivity contribution is -0.122. The molecule has 27 heavy (non-hydrogen) atoms. The lowest BCUT2D eigenvalue weighted by Gasteiger charge is -2.27. The van der Waals surface area contributed by atoms with Crippen LogP contribution < -0.4 is 10.6 Å². The number of halogens is 2. The van der Waals surface area contributed by atoms with Gasteiger partial charge in [-0.2, -0.15) is 0 Å². The van der Waals surface area contributed by atoms with E-state index in [1.54, 1.807) is 19.1 Å². The monoisotopic (exact) mass is 384 g/mol. The molecular formula is C19H26F2N2O4. The van der Waals surface area contributed by atoms with E-state index in [1.165, 1.54) is 6.92 Å². The molecule has 1 aromatic carbocycles. The fourth-order valence-corrected chi connectivity index (χ4v) is 2.67. The average Bonchev–Trinajstić information content (AvgIpc) is 2.57. The number of aliphatic hydroxyl groups excluding tert-OH is 2. The molecule has 0 fully saturated rings. The highest BCUT2D eigenvalue weighted by Crippen LogP contribution is 2.14. The lowest BCUT2D eigenvalue weighted by atomic mass is 9.96. The highest BCUT2D eigenvalue weighted by atomic mass is 19.1. The molecule has 6 nitrogen and oxygen atoms in total. The maximum Gasteiger partial charge on any atom is 0.224 e. The molecule has 0 heterocycles. The third-order valence-corrected chi connectivity index (χ3v) is 3.88. The third-order valence-electron chi connectivity index (χ3n) is 3.88. The van der Waals surface area contributed by atoms with Crippen molar-refractivity contribution in [2.75, 3.05) is 6.61 Å². The Hall–Kier alpha value is -2.32. The van der Waals surface area contributed by atoms with Gasteiger partial charge in [-0.05, 0) is 37.5 Å². The third kappa shape index (κ3) is 8.74. The Morgan fingerprint density at radius 2 is 1.81 bits per heavy atom. The van der Waals surface area contributed by atoms with Gasteiger partial charge in [0, 0.05) is 19.4 Å². The van der Waals surface area contributed by atoms with Crippen molar-refractivity contribution >= 4 is 11.8 Å². The second-order valence-corrected chi connectivity index (χ2v) is 6.31. The van der Waals surface area contributed by atoms with E-state index in [9.17, 15) is 28.6 Å². The van der Waals surface area contributed by atoms with Crippen LogP contribution in [0.15, 0.2) is 30.4 Å². The minimum absolute atomic E-state index is 0.0138. The SMILES string of the molecule is C/C=C/CC(=O)NC(CO)C[C@H](O)[C@H](Cc1cc(F)cc(F)c1)NC(C)=O. The minimum Gasteiger partial charge on any atom is -0.394 e. The van der Waals surface area contributed by atoms with Crippen molar-refractivity contribution in [3.8, 4) is 0 Å². The highest BCUT2D eigenvalue weighted by molar-refractivity contribution is 5.77. The van der Waals surface area contributed by atoms with Crippen LogP contribution in [0.3, 0.4) is 0 Å². The van der Waals surface area contributed by atoms with E-state index in [2.05, 4.69) is 10.6 Å². The molecule has 2 amide bonds. The number of allylic oxidation sites excluding steroid dienone is 1. The smallest absolute Gasteiger partial charge is 0.224 e. The van der Waals surface area contributed by atoms with E-state index in [1.807, 2.05) is 0 Å². The van der Waals surface area contributed by atoms with Crippen LogP contribution in [0.1, 0.15) is 32.3 Å². The van der Waals surface area contributed by atoms with Crippen LogP contribution in [-0.4, -0.2) is 46.8 Å². The second kappa shape index (κ2) is 11.4. The van der Waals surface area contributed by atoms with Crippen molar-refractivity contribution in [3.63, 3.8) is 0 Å². The van der Waals surface area contributed by atoms with Crippen molar-refractivity contribution < 1.29 is 28.6 Å². The molecule has 8 heteroatoms. The number of hydrogen-bond donors (Lipinski definition) is 4. The van der Waals surface area contributed by atoms with Crippen molar-refractivity contribution in [2.24, 2.45) is 0 Å². The first-order valence-electron chi connectivity index (χ1n) is 8.66. The summed E-state index contributed by atoms with van der Waals surface area (Å²) in [5.41, 5.74) is 0.267. The quantitative estimate of drug-likeness (QED) is 0.456. The van der Waals surface area contributed by atoms with Crippen LogP contribution in [0.5, 0.6) is 0 Å². The van der Waals surface area contributed by atoms with E-state index in [-0.39, 0.29) is 30.7 Å². The van der Waals surface area contributed by atoms with Gasteiger partial charge in [0.25, 0.3) is 0 Å². The zero-order valence-electron chi connectivity index (χ0n) is 15.4. The van der Waals surface area contributed by atoms with Gasteiger partial charge in [0.1, 0.15) is 11.6 Å². The molecule has 4 N–H and O–H groups in total. The normalized spacial score (nSPS) is 14.6.